The lowest BCUT2D eigenvalue weighted by atomic mass is 10.3. The minimum Gasteiger partial charge on any atom is -0.479 e. The zero-order chi connectivity index (χ0) is 11.5. The van der Waals surface area contributed by atoms with Crippen LogP contribution in [0.25, 0.3) is 11.8 Å². The van der Waals surface area contributed by atoms with Crippen LogP contribution in [0.4, 0.5) is 0 Å². The summed E-state index contributed by atoms with van der Waals surface area (Å²) in [5.41, 5.74) is 2.61. The molecule has 0 N–H and O–H groups in total. The number of hydrogen-bond donors (Lipinski definition) is 0. The molecule has 0 unspecified atom stereocenters. The fraction of sp³-hybridized carbons (Fsp3) is 0.167. The second-order valence-electron chi connectivity index (χ2n) is 3.39. The molecule has 0 aliphatic rings. The van der Waals surface area contributed by atoms with Gasteiger partial charge in [0, 0.05) is 6.20 Å². The molecule has 4 nitrogen and oxygen atoms in total. The van der Waals surface area contributed by atoms with Gasteiger partial charge in [-0.05, 0) is 25.1 Å². The van der Waals surface area contributed by atoms with Crippen LogP contribution in [0.1, 0.15) is 11.4 Å². The number of ether oxygens (including phenoxy) is 1. The number of imidazole rings is 1. The molecule has 4 heteroatoms. The normalized spacial score (nSPS) is 10.1. The molecule has 0 amide bonds. The summed E-state index contributed by atoms with van der Waals surface area (Å²) in [4.78, 5) is 8.48. The Hall–Kier alpha value is -2.10. The average molecular weight is 215 g/mol. The third-order valence-corrected chi connectivity index (χ3v) is 2.25. The first-order valence-electron chi connectivity index (χ1n) is 4.93. The number of methoxy groups -OCH3 is 1. The topological polar surface area (TPSA) is 39.9 Å². The lowest BCUT2D eigenvalue weighted by Gasteiger charge is -2.08. The van der Waals surface area contributed by atoms with Gasteiger partial charge in [-0.3, -0.25) is 0 Å². The predicted molar refractivity (Wildman–Crippen MR) is 62.7 cm³/mol. The van der Waals surface area contributed by atoms with E-state index in [0.717, 1.165) is 17.1 Å². The highest BCUT2D eigenvalue weighted by Crippen LogP contribution is 2.21. The van der Waals surface area contributed by atoms with Crippen LogP contribution < -0.4 is 4.74 Å². The van der Waals surface area contributed by atoms with Crippen LogP contribution in [0.15, 0.2) is 31.2 Å². The molecule has 0 bridgehead atoms. The molecule has 0 fully saturated rings. The molecule has 0 radical (unpaired) electrons. The Labute approximate surface area is 94.2 Å². The quantitative estimate of drug-likeness (QED) is 0.788. The number of rotatable bonds is 3. The molecule has 2 heterocycles. The highest BCUT2D eigenvalue weighted by atomic mass is 16.5. The van der Waals surface area contributed by atoms with Gasteiger partial charge in [-0.1, -0.05) is 6.58 Å². The van der Waals surface area contributed by atoms with Gasteiger partial charge in [0.15, 0.2) is 0 Å². The van der Waals surface area contributed by atoms with Crippen molar-refractivity contribution < 1.29 is 4.74 Å². The smallest absolute Gasteiger partial charge is 0.238 e. The van der Waals surface area contributed by atoms with E-state index >= 15 is 0 Å². The second kappa shape index (κ2) is 4.18. The van der Waals surface area contributed by atoms with Gasteiger partial charge in [0.1, 0.15) is 5.69 Å². The zero-order valence-electron chi connectivity index (χ0n) is 9.34. The van der Waals surface area contributed by atoms with Crippen LogP contribution in [0.3, 0.4) is 0 Å². The van der Waals surface area contributed by atoms with E-state index in [1.54, 1.807) is 19.5 Å². The molecule has 0 aromatic carbocycles. The second-order valence-corrected chi connectivity index (χ2v) is 3.39. The van der Waals surface area contributed by atoms with Gasteiger partial charge < -0.3 is 9.30 Å². The van der Waals surface area contributed by atoms with Crippen molar-refractivity contribution in [3.8, 4) is 11.6 Å². The van der Waals surface area contributed by atoms with E-state index in [1.807, 2.05) is 29.8 Å². The van der Waals surface area contributed by atoms with Gasteiger partial charge in [0.2, 0.25) is 5.88 Å². The lowest BCUT2D eigenvalue weighted by Crippen LogP contribution is -1.98. The number of nitrogens with zero attached hydrogens (tertiary/aromatic N) is 3. The summed E-state index contributed by atoms with van der Waals surface area (Å²) in [6, 6.07) is 3.82. The number of pyridine rings is 1. The fourth-order valence-electron chi connectivity index (χ4n) is 1.46. The standard InChI is InChI=1S/C12H13N3O/c1-4-10-5-6-11(12(14-10)16-3)15-7-9(2)13-8-15/h4-8H,1H2,2-3H3. The van der Waals surface area contributed by atoms with Crippen molar-refractivity contribution in [2.75, 3.05) is 7.11 Å². The Kier molecular flexibility index (Phi) is 2.72. The summed E-state index contributed by atoms with van der Waals surface area (Å²) in [5, 5.41) is 0. The molecule has 82 valence electrons. The van der Waals surface area contributed by atoms with Gasteiger partial charge in [-0.15, -0.1) is 0 Å². The Morgan fingerprint density at radius 3 is 2.81 bits per heavy atom. The van der Waals surface area contributed by atoms with E-state index in [4.69, 9.17) is 4.74 Å². The maximum Gasteiger partial charge on any atom is 0.238 e. The number of hydrogen-bond acceptors (Lipinski definition) is 3. The molecular weight excluding hydrogens is 202 g/mol. The molecule has 0 aliphatic heterocycles. The Bertz CT molecular complexity index is 517. The molecule has 2 aromatic heterocycles. The largest absolute Gasteiger partial charge is 0.479 e. The van der Waals surface area contributed by atoms with E-state index in [2.05, 4.69) is 16.5 Å². The number of aromatic nitrogens is 3. The third-order valence-electron chi connectivity index (χ3n) is 2.25. The highest BCUT2D eigenvalue weighted by Gasteiger charge is 2.07. The summed E-state index contributed by atoms with van der Waals surface area (Å²) in [7, 11) is 1.60. The Morgan fingerprint density at radius 1 is 1.44 bits per heavy atom. The van der Waals surface area contributed by atoms with E-state index in [-0.39, 0.29) is 0 Å². The zero-order valence-corrected chi connectivity index (χ0v) is 9.34. The maximum atomic E-state index is 5.24. The van der Waals surface area contributed by atoms with Gasteiger partial charge in [0.05, 0.1) is 24.8 Å². The van der Waals surface area contributed by atoms with Crippen molar-refractivity contribution in [3.63, 3.8) is 0 Å². The average Bonchev–Trinajstić information content (AvgIpc) is 2.74. The van der Waals surface area contributed by atoms with Crippen molar-refractivity contribution in [1.82, 2.24) is 14.5 Å². The fourth-order valence-corrected chi connectivity index (χ4v) is 1.46. The first kappa shape index (κ1) is 10.4. The summed E-state index contributed by atoms with van der Waals surface area (Å²) in [5.74, 6) is 0.565. The van der Waals surface area contributed by atoms with Crippen molar-refractivity contribution in [2.24, 2.45) is 0 Å². The molecule has 2 rings (SSSR count). The van der Waals surface area contributed by atoms with Crippen molar-refractivity contribution in [2.45, 2.75) is 6.92 Å². The van der Waals surface area contributed by atoms with Crippen LogP contribution in [-0.4, -0.2) is 21.6 Å². The summed E-state index contributed by atoms with van der Waals surface area (Å²) >= 11 is 0. The molecule has 0 spiro atoms. The minimum atomic E-state index is 0.565. The first-order valence-corrected chi connectivity index (χ1v) is 4.93. The molecular formula is C12H13N3O. The summed E-state index contributed by atoms with van der Waals surface area (Å²) < 4.78 is 7.13. The first-order chi connectivity index (χ1) is 7.74. The number of aryl methyl sites for hydroxylation is 1. The Morgan fingerprint density at radius 2 is 2.25 bits per heavy atom. The van der Waals surface area contributed by atoms with Crippen LogP contribution in [0.2, 0.25) is 0 Å². The Balaban J connectivity index is 2.52. The van der Waals surface area contributed by atoms with Crippen LogP contribution >= 0.6 is 0 Å². The molecule has 0 saturated carbocycles. The van der Waals surface area contributed by atoms with E-state index < -0.39 is 0 Å². The van der Waals surface area contributed by atoms with E-state index in [9.17, 15) is 0 Å². The van der Waals surface area contributed by atoms with Crippen LogP contribution in [0.5, 0.6) is 5.88 Å². The molecule has 2 aromatic rings. The van der Waals surface area contributed by atoms with Crippen molar-refractivity contribution >= 4 is 6.08 Å². The third kappa shape index (κ3) is 1.82. The van der Waals surface area contributed by atoms with Crippen molar-refractivity contribution in [3.05, 3.63) is 42.6 Å². The highest BCUT2D eigenvalue weighted by molar-refractivity contribution is 5.50. The van der Waals surface area contributed by atoms with E-state index in [1.165, 1.54) is 0 Å². The summed E-state index contributed by atoms with van der Waals surface area (Å²) in [6.07, 6.45) is 5.35. The molecule has 16 heavy (non-hydrogen) atoms. The summed E-state index contributed by atoms with van der Waals surface area (Å²) in [6.45, 7) is 5.61. The SMILES string of the molecule is C=Cc1ccc(-n2cnc(C)c2)c(OC)n1. The molecule has 0 atom stereocenters. The van der Waals surface area contributed by atoms with Crippen LogP contribution in [0, 0.1) is 6.92 Å². The lowest BCUT2D eigenvalue weighted by molar-refractivity contribution is 0.395. The van der Waals surface area contributed by atoms with Gasteiger partial charge in [-0.2, -0.15) is 0 Å². The van der Waals surface area contributed by atoms with Gasteiger partial charge in [0.25, 0.3) is 0 Å². The molecule has 0 aliphatic carbocycles. The van der Waals surface area contributed by atoms with Gasteiger partial charge >= 0.3 is 0 Å². The minimum absolute atomic E-state index is 0.565. The monoisotopic (exact) mass is 215 g/mol. The maximum absolute atomic E-state index is 5.24. The van der Waals surface area contributed by atoms with Gasteiger partial charge in [-0.25, -0.2) is 9.97 Å². The molecule has 0 saturated heterocycles. The van der Waals surface area contributed by atoms with Crippen molar-refractivity contribution in [1.29, 1.82) is 0 Å². The van der Waals surface area contributed by atoms with Crippen LogP contribution in [-0.2, 0) is 0 Å². The predicted octanol–water partition coefficient (Wildman–Crippen LogP) is 2.23. The van der Waals surface area contributed by atoms with E-state index in [0.29, 0.717) is 5.88 Å².